The van der Waals surface area contributed by atoms with E-state index in [2.05, 4.69) is 6.07 Å². The fourth-order valence-corrected chi connectivity index (χ4v) is 0.636. The van der Waals surface area contributed by atoms with Gasteiger partial charge < -0.3 is 4.74 Å². The Bertz CT molecular complexity index is 88.7. The average Bonchev–Trinajstić information content (AvgIpc) is 2.14. The van der Waals surface area contributed by atoms with Crippen molar-refractivity contribution in [3.05, 3.63) is 0 Å². The van der Waals surface area contributed by atoms with Crippen LogP contribution in [-0.4, -0.2) is 13.2 Å². The van der Waals surface area contributed by atoms with E-state index in [0.717, 1.165) is 13.0 Å². The topological polar surface area (TPSA) is 33.0 Å². The van der Waals surface area contributed by atoms with E-state index >= 15 is 0 Å². The Morgan fingerprint density at radius 1 is 1.71 bits per heavy atom. The number of rotatable bonds is 0. The summed E-state index contributed by atoms with van der Waals surface area (Å²) in [7, 11) is 0. The van der Waals surface area contributed by atoms with E-state index in [1.807, 2.05) is 0 Å². The third-order valence-corrected chi connectivity index (χ3v) is 1.11. The smallest absolute Gasteiger partial charge is 0.0719 e. The first-order valence-electron chi connectivity index (χ1n) is 2.41. The van der Waals surface area contributed by atoms with Gasteiger partial charge in [0, 0.05) is 6.61 Å². The van der Waals surface area contributed by atoms with Gasteiger partial charge in [-0.1, -0.05) is 0 Å². The fraction of sp³-hybridized carbons (Fsp3) is 0.800. The third-order valence-electron chi connectivity index (χ3n) is 1.11. The van der Waals surface area contributed by atoms with E-state index < -0.39 is 0 Å². The first-order valence-corrected chi connectivity index (χ1v) is 2.41. The van der Waals surface area contributed by atoms with Crippen molar-refractivity contribution in [2.75, 3.05) is 13.2 Å². The minimum atomic E-state index is 0.181. The first kappa shape index (κ1) is 4.61. The molecule has 0 aromatic carbocycles. The van der Waals surface area contributed by atoms with Crippen molar-refractivity contribution < 1.29 is 4.74 Å². The molecule has 1 fully saturated rings. The van der Waals surface area contributed by atoms with Crippen LogP contribution in [0.5, 0.6) is 0 Å². The second-order valence-electron chi connectivity index (χ2n) is 1.69. The van der Waals surface area contributed by atoms with E-state index in [9.17, 15) is 0 Å². The normalized spacial score (nSPS) is 29.9. The molecule has 1 heterocycles. The van der Waals surface area contributed by atoms with Gasteiger partial charge in [0.25, 0.3) is 0 Å². The van der Waals surface area contributed by atoms with E-state index in [0.29, 0.717) is 6.61 Å². The van der Waals surface area contributed by atoms with E-state index in [1.54, 1.807) is 0 Å². The molecule has 0 amide bonds. The summed E-state index contributed by atoms with van der Waals surface area (Å²) < 4.78 is 4.93. The van der Waals surface area contributed by atoms with Gasteiger partial charge in [-0.05, 0) is 6.42 Å². The van der Waals surface area contributed by atoms with Gasteiger partial charge in [0.2, 0.25) is 0 Å². The Hall–Kier alpha value is -0.550. The van der Waals surface area contributed by atoms with Gasteiger partial charge in [0.05, 0.1) is 18.6 Å². The number of hydrogen-bond acceptors (Lipinski definition) is 2. The summed E-state index contributed by atoms with van der Waals surface area (Å²) in [6.07, 6.45) is 0.927. The van der Waals surface area contributed by atoms with Gasteiger partial charge in [-0.15, -0.1) is 0 Å². The maximum atomic E-state index is 8.24. The van der Waals surface area contributed by atoms with Crippen LogP contribution in [-0.2, 0) is 4.74 Å². The standard InChI is InChI=1S/C5H7NO/c6-3-5-1-2-7-4-5/h5H,1-2,4H2/t5-/m1/s1. The Labute approximate surface area is 42.7 Å². The molecule has 0 aliphatic carbocycles. The van der Waals surface area contributed by atoms with E-state index in [4.69, 9.17) is 10.00 Å². The van der Waals surface area contributed by atoms with Crippen molar-refractivity contribution in [2.45, 2.75) is 6.42 Å². The van der Waals surface area contributed by atoms with Crippen LogP contribution in [0.1, 0.15) is 6.42 Å². The largest absolute Gasteiger partial charge is 0.380 e. The minimum absolute atomic E-state index is 0.181. The van der Waals surface area contributed by atoms with Crippen LogP contribution in [0.4, 0.5) is 0 Å². The van der Waals surface area contributed by atoms with Crippen LogP contribution in [0.25, 0.3) is 0 Å². The van der Waals surface area contributed by atoms with Crippen molar-refractivity contribution in [3.63, 3.8) is 0 Å². The highest BCUT2D eigenvalue weighted by Crippen LogP contribution is 2.09. The zero-order valence-electron chi connectivity index (χ0n) is 4.05. The van der Waals surface area contributed by atoms with Crippen LogP contribution in [0, 0.1) is 17.2 Å². The summed E-state index contributed by atoms with van der Waals surface area (Å²) in [6.45, 7) is 1.43. The molecule has 0 spiro atoms. The van der Waals surface area contributed by atoms with Crippen LogP contribution >= 0.6 is 0 Å². The van der Waals surface area contributed by atoms with E-state index in [1.165, 1.54) is 0 Å². The zero-order chi connectivity index (χ0) is 5.11. The average molecular weight is 97.1 g/mol. The second-order valence-corrected chi connectivity index (χ2v) is 1.69. The highest BCUT2D eigenvalue weighted by atomic mass is 16.5. The summed E-state index contributed by atoms with van der Waals surface area (Å²) >= 11 is 0. The molecule has 1 atom stereocenters. The molecule has 0 unspecified atom stereocenters. The van der Waals surface area contributed by atoms with Gasteiger partial charge in [-0.2, -0.15) is 5.26 Å². The summed E-state index contributed by atoms with van der Waals surface area (Å²) in [6, 6.07) is 2.14. The zero-order valence-corrected chi connectivity index (χ0v) is 4.05. The van der Waals surface area contributed by atoms with Crippen LogP contribution < -0.4 is 0 Å². The minimum Gasteiger partial charge on any atom is -0.380 e. The van der Waals surface area contributed by atoms with Gasteiger partial charge in [0.15, 0.2) is 0 Å². The lowest BCUT2D eigenvalue weighted by atomic mass is 10.2. The highest BCUT2D eigenvalue weighted by Gasteiger charge is 2.12. The van der Waals surface area contributed by atoms with Gasteiger partial charge in [-0.25, -0.2) is 0 Å². The molecular formula is C5H7NO. The van der Waals surface area contributed by atoms with Crippen LogP contribution in [0.2, 0.25) is 0 Å². The summed E-state index contributed by atoms with van der Waals surface area (Å²) in [5.41, 5.74) is 0. The van der Waals surface area contributed by atoms with Crippen molar-refractivity contribution in [2.24, 2.45) is 5.92 Å². The van der Waals surface area contributed by atoms with Crippen molar-refractivity contribution in [1.29, 1.82) is 5.26 Å². The molecule has 0 bridgehead atoms. The monoisotopic (exact) mass is 97.1 g/mol. The molecule has 38 valence electrons. The molecular weight excluding hydrogens is 90.1 g/mol. The molecule has 0 N–H and O–H groups in total. The Morgan fingerprint density at radius 2 is 2.57 bits per heavy atom. The van der Waals surface area contributed by atoms with E-state index in [-0.39, 0.29) is 5.92 Å². The van der Waals surface area contributed by atoms with Crippen molar-refractivity contribution in [1.82, 2.24) is 0 Å². The quantitative estimate of drug-likeness (QED) is 0.442. The SMILES string of the molecule is N#C[C@H]1CCOC1. The second kappa shape index (κ2) is 1.94. The molecule has 2 heteroatoms. The summed E-state index contributed by atoms with van der Waals surface area (Å²) in [5.74, 6) is 0.181. The van der Waals surface area contributed by atoms with Crippen LogP contribution in [0.3, 0.4) is 0 Å². The Morgan fingerprint density at radius 3 is 2.86 bits per heavy atom. The fourth-order valence-electron chi connectivity index (χ4n) is 0.636. The Balaban J connectivity index is 2.31. The Kier molecular flexibility index (Phi) is 1.28. The number of ether oxygens (including phenoxy) is 1. The van der Waals surface area contributed by atoms with Gasteiger partial charge in [0.1, 0.15) is 0 Å². The number of nitrogens with zero attached hydrogens (tertiary/aromatic N) is 1. The predicted octanol–water partition coefficient (Wildman–Crippen LogP) is 0.546. The molecule has 0 aromatic heterocycles. The van der Waals surface area contributed by atoms with Crippen LogP contribution in [0.15, 0.2) is 0 Å². The molecule has 1 rings (SSSR count). The molecule has 0 radical (unpaired) electrons. The van der Waals surface area contributed by atoms with Crippen molar-refractivity contribution in [3.8, 4) is 6.07 Å². The van der Waals surface area contributed by atoms with Crippen molar-refractivity contribution >= 4 is 0 Å². The molecule has 1 aliphatic rings. The third kappa shape index (κ3) is 0.908. The highest BCUT2D eigenvalue weighted by molar-refractivity contribution is 4.84. The van der Waals surface area contributed by atoms with Gasteiger partial charge in [-0.3, -0.25) is 0 Å². The molecule has 7 heavy (non-hydrogen) atoms. The molecule has 0 saturated carbocycles. The number of nitriles is 1. The lowest BCUT2D eigenvalue weighted by molar-refractivity contribution is 0.192. The van der Waals surface area contributed by atoms with Gasteiger partial charge >= 0.3 is 0 Å². The predicted molar refractivity (Wildman–Crippen MR) is 24.5 cm³/mol. The maximum Gasteiger partial charge on any atom is 0.0719 e. The molecule has 1 aliphatic heterocycles. The maximum absolute atomic E-state index is 8.24. The molecule has 0 aromatic rings. The lowest BCUT2D eigenvalue weighted by Gasteiger charge is -1.86. The first-order chi connectivity index (χ1) is 3.43. The number of hydrogen-bond donors (Lipinski definition) is 0. The molecule has 1 saturated heterocycles. The summed E-state index contributed by atoms with van der Waals surface area (Å²) in [4.78, 5) is 0. The summed E-state index contributed by atoms with van der Waals surface area (Å²) in [5, 5.41) is 8.24. The molecule has 2 nitrogen and oxygen atoms in total. The lowest BCUT2D eigenvalue weighted by Crippen LogP contribution is -1.91.